The molecule has 1 heteroatoms. The number of rotatable bonds is 2. The maximum Gasteiger partial charge on any atom is 0.0329 e. The molecule has 1 rings (SSSR count). The van der Waals surface area contributed by atoms with Gasteiger partial charge in [-0.25, -0.2) is 0 Å². The van der Waals surface area contributed by atoms with Crippen molar-refractivity contribution in [2.75, 3.05) is 6.54 Å². The molecule has 0 aliphatic heterocycles. The van der Waals surface area contributed by atoms with Gasteiger partial charge in [0.2, 0.25) is 0 Å². The second-order valence-corrected chi connectivity index (χ2v) is 1.75. The van der Waals surface area contributed by atoms with Crippen LogP contribution in [0, 0.1) is 0 Å². The number of benzene rings is 1. The van der Waals surface area contributed by atoms with Crippen molar-refractivity contribution in [3.8, 4) is 0 Å². The van der Waals surface area contributed by atoms with Crippen LogP contribution in [0.4, 0.5) is 0 Å². The molecule has 0 amide bonds. The molecule has 0 saturated carbocycles. The third kappa shape index (κ3) is 1.86. The van der Waals surface area contributed by atoms with E-state index >= 15 is 0 Å². The Morgan fingerprint density at radius 3 is 2.56 bits per heavy atom. The van der Waals surface area contributed by atoms with E-state index in [1.165, 1.54) is 0 Å². The smallest absolute Gasteiger partial charge is 0.0329 e. The third-order valence-corrected chi connectivity index (χ3v) is 1.08. The molecule has 0 heterocycles. The number of nitrogens with two attached hydrogens (primary N) is 1. The summed E-state index contributed by atoms with van der Waals surface area (Å²) in [5.74, 6) is 0. The number of hydrogen-bond donors (Lipinski definition) is 1. The molecule has 1 nitrogen and oxygen atoms in total. The van der Waals surface area contributed by atoms with Gasteiger partial charge in [0.05, 0.1) is 0 Å². The fourth-order valence-electron chi connectivity index (χ4n) is 0.674. The molecule has 48 valence electrons. The van der Waals surface area contributed by atoms with E-state index in [0.717, 1.165) is 0 Å². The van der Waals surface area contributed by atoms with E-state index in [1.807, 2.05) is 18.2 Å². The monoisotopic (exact) mass is 123 g/mol. The second kappa shape index (κ2) is 3.25. The van der Waals surface area contributed by atoms with Gasteiger partial charge in [0, 0.05) is 2.74 Å². The Bertz CT molecular complexity index is 221. The zero-order chi connectivity index (χ0) is 8.32. The normalized spacial score (nSPS) is 14.3. The van der Waals surface area contributed by atoms with Crippen molar-refractivity contribution in [1.29, 1.82) is 0 Å². The zero-order valence-electron chi connectivity index (χ0n) is 7.17. The van der Waals surface area contributed by atoms with Gasteiger partial charge in [-0.1, -0.05) is 30.3 Å². The lowest BCUT2D eigenvalue weighted by Gasteiger charge is -1.93. The first-order valence-electron chi connectivity index (χ1n) is 3.92. The van der Waals surface area contributed by atoms with E-state index < -0.39 is 6.37 Å². The van der Waals surface area contributed by atoms with E-state index in [0.29, 0.717) is 5.56 Å². The van der Waals surface area contributed by atoms with Crippen molar-refractivity contribution in [2.45, 2.75) is 6.37 Å². The fourth-order valence-corrected chi connectivity index (χ4v) is 0.674. The highest BCUT2D eigenvalue weighted by atomic mass is 14.5. The Hall–Kier alpha value is -0.820. The Balaban J connectivity index is 2.93. The van der Waals surface area contributed by atoms with Crippen molar-refractivity contribution in [3.63, 3.8) is 0 Å². The molecular formula is C8H11N. The van der Waals surface area contributed by atoms with Crippen LogP contribution in [0.15, 0.2) is 30.3 Å². The van der Waals surface area contributed by atoms with Gasteiger partial charge in [-0.05, 0) is 18.5 Å². The molecule has 0 bridgehead atoms. The maximum absolute atomic E-state index is 7.46. The minimum Gasteiger partial charge on any atom is -0.330 e. The molecule has 0 unspecified atom stereocenters. The SMILES string of the molecule is [2H]C([2H])(CN)c1ccccc1. The van der Waals surface area contributed by atoms with Gasteiger partial charge >= 0.3 is 0 Å². The first kappa shape index (κ1) is 4.07. The van der Waals surface area contributed by atoms with Crippen molar-refractivity contribution in [3.05, 3.63) is 35.9 Å². The van der Waals surface area contributed by atoms with Gasteiger partial charge in [0.25, 0.3) is 0 Å². The summed E-state index contributed by atoms with van der Waals surface area (Å²) < 4.78 is 14.9. The summed E-state index contributed by atoms with van der Waals surface area (Å²) in [4.78, 5) is 0. The molecule has 0 atom stereocenters. The van der Waals surface area contributed by atoms with Crippen molar-refractivity contribution in [1.82, 2.24) is 0 Å². The van der Waals surface area contributed by atoms with Gasteiger partial charge in [-0.15, -0.1) is 0 Å². The third-order valence-electron chi connectivity index (χ3n) is 1.08. The molecule has 2 N–H and O–H groups in total. The van der Waals surface area contributed by atoms with Gasteiger partial charge in [-0.3, -0.25) is 0 Å². The first-order chi connectivity index (χ1) is 5.17. The number of hydrogen-bond acceptors (Lipinski definition) is 1. The zero-order valence-corrected chi connectivity index (χ0v) is 5.17. The van der Waals surface area contributed by atoms with Crippen molar-refractivity contribution < 1.29 is 2.74 Å². The highest BCUT2D eigenvalue weighted by Gasteiger charge is 1.84. The lowest BCUT2D eigenvalue weighted by molar-refractivity contribution is 0.969. The van der Waals surface area contributed by atoms with Crippen LogP contribution in [0.3, 0.4) is 0 Å². The minimum atomic E-state index is -1.39. The predicted molar refractivity (Wildman–Crippen MR) is 39.2 cm³/mol. The van der Waals surface area contributed by atoms with Crippen LogP contribution in [-0.4, -0.2) is 6.54 Å². The standard InChI is InChI=1S/C8H11N/c9-7-6-8-4-2-1-3-5-8/h1-5H,6-7,9H2/i6D2. The predicted octanol–water partition coefficient (Wildman–Crippen LogP) is 1.19. The molecule has 1 aromatic rings. The molecule has 1 aromatic carbocycles. The van der Waals surface area contributed by atoms with Crippen molar-refractivity contribution in [2.24, 2.45) is 5.73 Å². The van der Waals surface area contributed by atoms with Crippen LogP contribution >= 0.6 is 0 Å². The molecule has 0 saturated heterocycles. The molecule has 0 aromatic heterocycles. The molecular weight excluding hydrogens is 110 g/mol. The van der Waals surface area contributed by atoms with E-state index in [2.05, 4.69) is 0 Å². The van der Waals surface area contributed by atoms with Crippen LogP contribution in [0.2, 0.25) is 0 Å². The van der Waals surface area contributed by atoms with Crippen molar-refractivity contribution >= 4 is 0 Å². The van der Waals surface area contributed by atoms with Crippen LogP contribution in [-0.2, 0) is 6.37 Å². The molecule has 0 aliphatic rings. The van der Waals surface area contributed by atoms with Gasteiger partial charge < -0.3 is 5.73 Å². The molecule has 0 spiro atoms. The topological polar surface area (TPSA) is 26.0 Å². The average molecular weight is 123 g/mol. The molecule has 0 fully saturated rings. The van der Waals surface area contributed by atoms with Gasteiger partial charge in [-0.2, -0.15) is 0 Å². The summed E-state index contributed by atoms with van der Waals surface area (Å²) >= 11 is 0. The fraction of sp³-hybridized carbons (Fsp3) is 0.250. The second-order valence-electron chi connectivity index (χ2n) is 1.75. The summed E-state index contributed by atoms with van der Waals surface area (Å²) in [7, 11) is 0. The van der Waals surface area contributed by atoms with Gasteiger partial charge in [0.1, 0.15) is 0 Å². The quantitative estimate of drug-likeness (QED) is 0.628. The van der Waals surface area contributed by atoms with Crippen LogP contribution in [0.5, 0.6) is 0 Å². The minimum absolute atomic E-state index is 0.0248. The molecule has 0 radical (unpaired) electrons. The summed E-state index contributed by atoms with van der Waals surface area (Å²) in [6.07, 6.45) is -1.39. The summed E-state index contributed by atoms with van der Waals surface area (Å²) in [6.45, 7) is 0.0248. The van der Waals surface area contributed by atoms with E-state index in [-0.39, 0.29) is 6.54 Å². The van der Waals surface area contributed by atoms with E-state index in [9.17, 15) is 0 Å². The lowest BCUT2D eigenvalue weighted by Crippen LogP contribution is -2.01. The Labute approximate surface area is 58.3 Å². The summed E-state index contributed by atoms with van der Waals surface area (Å²) in [5.41, 5.74) is 5.90. The summed E-state index contributed by atoms with van der Waals surface area (Å²) in [6, 6.07) is 8.96. The summed E-state index contributed by atoms with van der Waals surface area (Å²) in [5, 5.41) is 0. The van der Waals surface area contributed by atoms with Crippen LogP contribution in [0.25, 0.3) is 0 Å². The highest BCUT2D eigenvalue weighted by Crippen LogP contribution is 1.96. The first-order valence-corrected chi connectivity index (χ1v) is 2.92. The molecule has 0 aliphatic carbocycles. The largest absolute Gasteiger partial charge is 0.330 e. The van der Waals surface area contributed by atoms with Crippen LogP contribution in [0.1, 0.15) is 8.30 Å². The van der Waals surface area contributed by atoms with Gasteiger partial charge in [0.15, 0.2) is 0 Å². The Kier molecular flexibility index (Phi) is 1.47. The highest BCUT2D eigenvalue weighted by molar-refractivity contribution is 5.14. The Morgan fingerprint density at radius 1 is 1.33 bits per heavy atom. The van der Waals surface area contributed by atoms with Crippen LogP contribution < -0.4 is 5.73 Å². The molecule has 9 heavy (non-hydrogen) atoms. The van der Waals surface area contributed by atoms with E-state index in [4.69, 9.17) is 8.48 Å². The van der Waals surface area contributed by atoms with E-state index in [1.54, 1.807) is 12.1 Å². The Morgan fingerprint density at radius 2 is 2.00 bits per heavy atom. The lowest BCUT2D eigenvalue weighted by atomic mass is 10.2. The average Bonchev–Trinajstić information content (AvgIpc) is 2.06. The maximum atomic E-state index is 7.46.